The molecule has 0 spiro atoms. The van der Waals surface area contributed by atoms with Crippen LogP contribution < -0.4 is 0 Å². The van der Waals surface area contributed by atoms with Crippen LogP contribution in [0.5, 0.6) is 0 Å². The zero-order valence-electron chi connectivity index (χ0n) is 13.0. The van der Waals surface area contributed by atoms with Gasteiger partial charge in [0.15, 0.2) is 5.79 Å². The van der Waals surface area contributed by atoms with Crippen LogP contribution in [0.15, 0.2) is 30.3 Å². The molecule has 2 saturated heterocycles. The van der Waals surface area contributed by atoms with Gasteiger partial charge in [0, 0.05) is 5.92 Å². The molecule has 0 saturated carbocycles. The van der Waals surface area contributed by atoms with Gasteiger partial charge in [0.25, 0.3) is 0 Å². The van der Waals surface area contributed by atoms with Crippen molar-refractivity contribution in [2.75, 3.05) is 11.5 Å². The second-order valence-corrected chi connectivity index (χ2v) is 9.01. The van der Waals surface area contributed by atoms with Crippen LogP contribution in [-0.4, -0.2) is 28.0 Å². The molecule has 2 aliphatic rings. The first kappa shape index (κ1) is 15.7. The van der Waals surface area contributed by atoms with Crippen molar-refractivity contribution in [1.29, 1.82) is 0 Å². The predicted molar refractivity (Wildman–Crippen MR) is 91.7 cm³/mol. The number of hydrogen-bond acceptors (Lipinski definition) is 4. The molecule has 0 aromatic heterocycles. The van der Waals surface area contributed by atoms with Crippen LogP contribution in [0.3, 0.4) is 0 Å². The maximum absolute atomic E-state index is 6.35. The van der Waals surface area contributed by atoms with Crippen molar-refractivity contribution >= 4 is 23.5 Å². The molecule has 0 radical (unpaired) electrons. The number of thioether (sulfide) groups is 2. The molecule has 2 nitrogen and oxygen atoms in total. The van der Waals surface area contributed by atoms with Gasteiger partial charge in [-0.1, -0.05) is 30.3 Å². The average Bonchev–Trinajstić information content (AvgIpc) is 2.47. The third-order valence-electron chi connectivity index (χ3n) is 4.07. The molecule has 1 aromatic carbocycles. The molecule has 2 fully saturated rings. The highest BCUT2D eigenvalue weighted by atomic mass is 32.2. The summed E-state index contributed by atoms with van der Waals surface area (Å²) in [6.07, 6.45) is 1.64. The number of hydrogen-bond donors (Lipinski definition) is 0. The lowest BCUT2D eigenvalue weighted by Gasteiger charge is -2.48. The van der Waals surface area contributed by atoms with Crippen LogP contribution in [-0.2, 0) is 9.47 Å². The maximum atomic E-state index is 6.35. The Hall–Kier alpha value is -0.160. The molecule has 0 unspecified atom stereocenters. The van der Waals surface area contributed by atoms with Crippen molar-refractivity contribution in [2.24, 2.45) is 5.92 Å². The normalized spacial score (nSPS) is 33.8. The molecule has 3 atom stereocenters. The van der Waals surface area contributed by atoms with Gasteiger partial charge in [0.2, 0.25) is 0 Å². The Morgan fingerprint density at radius 1 is 1.05 bits per heavy atom. The van der Waals surface area contributed by atoms with E-state index < -0.39 is 5.79 Å². The fourth-order valence-corrected chi connectivity index (χ4v) is 6.61. The fraction of sp³-hybridized carbons (Fsp3) is 0.647. The minimum atomic E-state index is -0.513. The lowest BCUT2D eigenvalue weighted by molar-refractivity contribution is -0.318. The largest absolute Gasteiger partial charge is 0.347 e. The second-order valence-electron chi connectivity index (χ2n) is 6.21. The standard InChI is InChI=1S/C17H24O2S2/c1-12-14(16-20-10-7-11-21-16)15(19-17(2,3)18-12)13-8-5-4-6-9-13/h4-6,8-9,12,14-16H,7,10-11H2,1-3H3/t12-,14-,15+/m0/s1. The minimum absolute atomic E-state index is 0.119. The highest BCUT2D eigenvalue weighted by molar-refractivity contribution is 8.17. The number of ether oxygens (including phenoxy) is 2. The molecule has 3 rings (SSSR count). The summed E-state index contributed by atoms with van der Waals surface area (Å²) in [5.74, 6) is 2.40. The van der Waals surface area contributed by atoms with E-state index >= 15 is 0 Å². The van der Waals surface area contributed by atoms with Gasteiger partial charge in [-0.2, -0.15) is 0 Å². The average molecular weight is 325 g/mol. The molecule has 4 heteroatoms. The molecule has 116 valence electrons. The Balaban J connectivity index is 1.89. The van der Waals surface area contributed by atoms with Gasteiger partial charge in [-0.15, -0.1) is 23.5 Å². The van der Waals surface area contributed by atoms with Gasteiger partial charge in [0.05, 0.1) is 16.8 Å². The summed E-state index contributed by atoms with van der Waals surface area (Å²) in [6.45, 7) is 6.26. The van der Waals surface area contributed by atoms with Gasteiger partial charge >= 0.3 is 0 Å². The molecule has 0 bridgehead atoms. The Labute approximate surface area is 136 Å². The fourth-order valence-electron chi connectivity index (χ4n) is 3.21. The van der Waals surface area contributed by atoms with Crippen molar-refractivity contribution < 1.29 is 9.47 Å². The van der Waals surface area contributed by atoms with E-state index in [1.807, 2.05) is 13.8 Å². The second kappa shape index (κ2) is 6.53. The quantitative estimate of drug-likeness (QED) is 0.784. The van der Waals surface area contributed by atoms with Crippen molar-refractivity contribution in [3.05, 3.63) is 35.9 Å². The van der Waals surface area contributed by atoms with E-state index in [0.29, 0.717) is 10.5 Å². The predicted octanol–water partition coefficient (Wildman–Crippen LogP) is 4.71. The van der Waals surface area contributed by atoms with Crippen LogP contribution in [0, 0.1) is 5.92 Å². The van der Waals surface area contributed by atoms with Crippen molar-refractivity contribution in [2.45, 2.75) is 49.8 Å². The van der Waals surface area contributed by atoms with Crippen molar-refractivity contribution in [3.8, 4) is 0 Å². The van der Waals surface area contributed by atoms with Gasteiger partial charge in [-0.05, 0) is 44.3 Å². The lowest BCUT2D eigenvalue weighted by Crippen LogP contribution is -2.49. The Kier molecular flexibility index (Phi) is 4.89. The summed E-state index contributed by atoms with van der Waals surface area (Å²) in [4.78, 5) is 0. The van der Waals surface area contributed by atoms with Crippen LogP contribution >= 0.6 is 23.5 Å². The smallest absolute Gasteiger partial charge is 0.163 e. The monoisotopic (exact) mass is 324 g/mol. The summed E-state index contributed by atoms with van der Waals surface area (Å²) in [5, 5.41) is 0. The number of rotatable bonds is 2. The van der Waals surface area contributed by atoms with E-state index in [2.05, 4.69) is 60.8 Å². The first-order valence-corrected chi connectivity index (χ1v) is 9.80. The zero-order valence-corrected chi connectivity index (χ0v) is 14.6. The first-order chi connectivity index (χ1) is 10.1. The van der Waals surface area contributed by atoms with Crippen LogP contribution in [0.1, 0.15) is 38.9 Å². The molecule has 0 N–H and O–H groups in total. The molecular formula is C17H24O2S2. The van der Waals surface area contributed by atoms with Gasteiger partial charge < -0.3 is 9.47 Å². The molecule has 2 aliphatic heterocycles. The van der Waals surface area contributed by atoms with Crippen LogP contribution in [0.25, 0.3) is 0 Å². The summed E-state index contributed by atoms with van der Waals surface area (Å²) in [6, 6.07) is 10.6. The molecule has 0 aliphatic carbocycles. The van der Waals surface area contributed by atoms with Gasteiger partial charge in [-0.25, -0.2) is 0 Å². The van der Waals surface area contributed by atoms with Gasteiger partial charge in [0.1, 0.15) is 0 Å². The molecule has 0 amide bonds. The number of benzene rings is 1. The zero-order chi connectivity index (χ0) is 14.9. The van der Waals surface area contributed by atoms with E-state index in [9.17, 15) is 0 Å². The highest BCUT2D eigenvalue weighted by Gasteiger charge is 2.46. The van der Waals surface area contributed by atoms with Crippen molar-refractivity contribution in [3.63, 3.8) is 0 Å². The third-order valence-corrected chi connectivity index (χ3v) is 7.22. The topological polar surface area (TPSA) is 18.5 Å². The van der Waals surface area contributed by atoms with Crippen LogP contribution in [0.4, 0.5) is 0 Å². The minimum Gasteiger partial charge on any atom is -0.347 e. The Morgan fingerprint density at radius 2 is 1.71 bits per heavy atom. The molecule has 1 aromatic rings. The summed E-state index contributed by atoms with van der Waals surface area (Å²) in [7, 11) is 0. The SMILES string of the molecule is C[C@@H]1OC(C)(C)O[C@H](c2ccccc2)[C@H]1C1SCCCS1. The first-order valence-electron chi connectivity index (χ1n) is 7.71. The van der Waals surface area contributed by atoms with E-state index in [4.69, 9.17) is 9.47 Å². The highest BCUT2D eigenvalue weighted by Crippen LogP contribution is 2.49. The Bertz CT molecular complexity index is 457. The molecule has 2 heterocycles. The van der Waals surface area contributed by atoms with Gasteiger partial charge in [-0.3, -0.25) is 0 Å². The van der Waals surface area contributed by atoms with Crippen LogP contribution in [0.2, 0.25) is 0 Å². The van der Waals surface area contributed by atoms with E-state index in [0.717, 1.165) is 0 Å². The lowest BCUT2D eigenvalue weighted by atomic mass is 9.90. The molecule has 21 heavy (non-hydrogen) atoms. The summed E-state index contributed by atoms with van der Waals surface area (Å²) in [5.41, 5.74) is 1.28. The Morgan fingerprint density at radius 3 is 2.38 bits per heavy atom. The maximum Gasteiger partial charge on any atom is 0.163 e. The van der Waals surface area contributed by atoms with E-state index in [-0.39, 0.29) is 12.2 Å². The van der Waals surface area contributed by atoms with E-state index in [1.54, 1.807) is 0 Å². The summed E-state index contributed by atoms with van der Waals surface area (Å²) < 4.78 is 13.1. The molecular weight excluding hydrogens is 300 g/mol. The van der Waals surface area contributed by atoms with E-state index in [1.165, 1.54) is 23.5 Å². The summed E-state index contributed by atoms with van der Waals surface area (Å²) >= 11 is 4.15. The van der Waals surface area contributed by atoms with Crippen molar-refractivity contribution in [1.82, 2.24) is 0 Å². The third kappa shape index (κ3) is 3.61.